The van der Waals surface area contributed by atoms with E-state index in [9.17, 15) is 4.79 Å². The van der Waals surface area contributed by atoms with Gasteiger partial charge in [0, 0.05) is 12.2 Å². The lowest BCUT2D eigenvalue weighted by Crippen LogP contribution is -2.26. The second-order valence-electron chi connectivity index (χ2n) is 3.30. The van der Waals surface area contributed by atoms with Crippen LogP contribution in [-0.4, -0.2) is 12.5 Å². The maximum absolute atomic E-state index is 11.6. The third kappa shape index (κ3) is 1.35. The van der Waals surface area contributed by atoms with E-state index in [2.05, 4.69) is 0 Å². The normalized spacial score (nSPS) is 20.9. The van der Waals surface area contributed by atoms with Crippen LogP contribution in [0.1, 0.15) is 6.42 Å². The number of carbonyl (C=O) groups is 1. The van der Waals surface area contributed by atoms with Gasteiger partial charge in [0.2, 0.25) is 5.91 Å². The number of rotatable bonds is 1. The summed E-state index contributed by atoms with van der Waals surface area (Å²) >= 11 is 0. The van der Waals surface area contributed by atoms with Crippen molar-refractivity contribution >= 4 is 11.6 Å². The van der Waals surface area contributed by atoms with E-state index in [1.54, 1.807) is 4.90 Å². The van der Waals surface area contributed by atoms with Crippen molar-refractivity contribution in [3.63, 3.8) is 0 Å². The van der Waals surface area contributed by atoms with Crippen LogP contribution in [0.4, 0.5) is 5.69 Å². The molecule has 1 heterocycles. The van der Waals surface area contributed by atoms with Gasteiger partial charge in [-0.2, -0.15) is 5.26 Å². The molecule has 2 rings (SSSR count). The molecule has 1 atom stereocenters. The van der Waals surface area contributed by atoms with Crippen molar-refractivity contribution < 1.29 is 4.79 Å². The Bertz CT molecular complexity index is 380. The minimum atomic E-state index is -0.449. The fraction of sp³-hybridized carbons (Fsp3) is 0.273. The van der Waals surface area contributed by atoms with Gasteiger partial charge in [-0.05, 0) is 18.6 Å². The first-order valence-corrected chi connectivity index (χ1v) is 4.59. The van der Waals surface area contributed by atoms with Crippen LogP contribution in [0.25, 0.3) is 0 Å². The Kier molecular flexibility index (Phi) is 2.19. The molecule has 1 saturated heterocycles. The maximum atomic E-state index is 11.6. The molecule has 0 spiro atoms. The first-order chi connectivity index (χ1) is 6.83. The molecule has 0 aliphatic carbocycles. The van der Waals surface area contributed by atoms with E-state index in [0.717, 1.165) is 5.69 Å². The number of anilines is 1. The minimum absolute atomic E-state index is 0.0706. The summed E-state index contributed by atoms with van der Waals surface area (Å²) in [4.78, 5) is 13.3. The topological polar surface area (TPSA) is 44.1 Å². The van der Waals surface area contributed by atoms with E-state index >= 15 is 0 Å². The van der Waals surface area contributed by atoms with Gasteiger partial charge < -0.3 is 4.90 Å². The minimum Gasteiger partial charge on any atom is -0.311 e. The molecular weight excluding hydrogens is 176 g/mol. The van der Waals surface area contributed by atoms with Gasteiger partial charge >= 0.3 is 0 Å². The Hall–Kier alpha value is -1.82. The van der Waals surface area contributed by atoms with Crippen LogP contribution in [0.15, 0.2) is 30.3 Å². The van der Waals surface area contributed by atoms with Gasteiger partial charge in [-0.25, -0.2) is 0 Å². The van der Waals surface area contributed by atoms with Crippen molar-refractivity contribution in [2.45, 2.75) is 6.42 Å². The summed E-state index contributed by atoms with van der Waals surface area (Å²) in [6.07, 6.45) is 0.643. The van der Waals surface area contributed by atoms with Crippen LogP contribution in [-0.2, 0) is 4.79 Å². The SMILES string of the molecule is N#C[C@H]1CCN(c2ccccc2)C1=O. The lowest BCUT2D eigenvalue weighted by molar-refractivity contribution is -0.118. The summed E-state index contributed by atoms with van der Waals surface area (Å²) in [7, 11) is 0. The van der Waals surface area contributed by atoms with Gasteiger partial charge in [0.25, 0.3) is 0 Å². The Morgan fingerprint density at radius 1 is 1.36 bits per heavy atom. The van der Waals surface area contributed by atoms with Crippen LogP contribution >= 0.6 is 0 Å². The zero-order chi connectivity index (χ0) is 9.97. The van der Waals surface area contributed by atoms with Crippen molar-refractivity contribution in [1.82, 2.24) is 0 Å². The Morgan fingerprint density at radius 2 is 2.07 bits per heavy atom. The molecule has 0 unspecified atom stereocenters. The van der Waals surface area contributed by atoms with Gasteiger partial charge in [-0.3, -0.25) is 4.79 Å². The smallest absolute Gasteiger partial charge is 0.244 e. The zero-order valence-corrected chi connectivity index (χ0v) is 7.68. The molecule has 0 radical (unpaired) electrons. The highest BCUT2D eigenvalue weighted by Gasteiger charge is 2.32. The number of amides is 1. The van der Waals surface area contributed by atoms with E-state index < -0.39 is 5.92 Å². The Labute approximate surface area is 82.6 Å². The summed E-state index contributed by atoms with van der Waals surface area (Å²) in [6.45, 7) is 0.654. The lowest BCUT2D eigenvalue weighted by Gasteiger charge is -2.15. The lowest BCUT2D eigenvalue weighted by atomic mass is 10.1. The van der Waals surface area contributed by atoms with Crippen molar-refractivity contribution in [3.05, 3.63) is 30.3 Å². The molecule has 3 nitrogen and oxygen atoms in total. The van der Waals surface area contributed by atoms with E-state index in [1.807, 2.05) is 36.4 Å². The van der Waals surface area contributed by atoms with E-state index in [0.29, 0.717) is 13.0 Å². The number of hydrogen-bond acceptors (Lipinski definition) is 2. The second-order valence-corrected chi connectivity index (χ2v) is 3.30. The van der Waals surface area contributed by atoms with Crippen molar-refractivity contribution in [2.75, 3.05) is 11.4 Å². The first-order valence-electron chi connectivity index (χ1n) is 4.59. The van der Waals surface area contributed by atoms with E-state index in [-0.39, 0.29) is 5.91 Å². The number of hydrogen-bond donors (Lipinski definition) is 0. The molecule has 1 fully saturated rings. The number of benzene rings is 1. The van der Waals surface area contributed by atoms with Crippen molar-refractivity contribution in [3.8, 4) is 6.07 Å². The van der Waals surface area contributed by atoms with Gasteiger partial charge in [0.15, 0.2) is 0 Å². The fourth-order valence-corrected chi connectivity index (χ4v) is 1.66. The standard InChI is InChI=1S/C11H10N2O/c12-8-9-6-7-13(11(9)14)10-4-2-1-3-5-10/h1-5,9H,6-7H2/t9-/m1/s1. The monoisotopic (exact) mass is 186 g/mol. The number of carbonyl (C=O) groups excluding carboxylic acids is 1. The quantitative estimate of drug-likeness (QED) is 0.668. The predicted octanol–water partition coefficient (Wildman–Crippen LogP) is 1.56. The Balaban J connectivity index is 2.24. The zero-order valence-electron chi connectivity index (χ0n) is 7.68. The van der Waals surface area contributed by atoms with Gasteiger partial charge in [-0.1, -0.05) is 18.2 Å². The van der Waals surface area contributed by atoms with Crippen LogP contribution in [0, 0.1) is 17.2 Å². The number of nitrogens with zero attached hydrogens (tertiary/aromatic N) is 2. The molecule has 1 amide bonds. The first kappa shape index (κ1) is 8.76. The fourth-order valence-electron chi connectivity index (χ4n) is 1.66. The summed E-state index contributed by atoms with van der Waals surface area (Å²) in [6, 6.07) is 11.5. The molecule has 1 aromatic carbocycles. The third-order valence-electron chi connectivity index (χ3n) is 2.43. The highest BCUT2D eigenvalue weighted by atomic mass is 16.2. The highest BCUT2D eigenvalue weighted by molar-refractivity contribution is 5.98. The molecule has 14 heavy (non-hydrogen) atoms. The molecule has 1 aromatic rings. The molecule has 0 aromatic heterocycles. The summed E-state index contributed by atoms with van der Waals surface area (Å²) in [5.41, 5.74) is 0.884. The molecule has 1 aliphatic rings. The van der Waals surface area contributed by atoms with Crippen molar-refractivity contribution in [2.24, 2.45) is 5.92 Å². The molecular formula is C11H10N2O. The summed E-state index contributed by atoms with van der Waals surface area (Å²) < 4.78 is 0. The number of para-hydroxylation sites is 1. The second kappa shape index (κ2) is 3.51. The molecule has 1 aliphatic heterocycles. The van der Waals surface area contributed by atoms with Crippen molar-refractivity contribution in [1.29, 1.82) is 5.26 Å². The maximum Gasteiger partial charge on any atom is 0.244 e. The summed E-state index contributed by atoms with van der Waals surface area (Å²) in [5.74, 6) is -0.520. The van der Waals surface area contributed by atoms with Crippen LogP contribution in [0.5, 0.6) is 0 Å². The average molecular weight is 186 g/mol. The van der Waals surface area contributed by atoms with E-state index in [4.69, 9.17) is 5.26 Å². The molecule has 0 saturated carbocycles. The third-order valence-corrected chi connectivity index (χ3v) is 2.43. The molecule has 70 valence electrons. The highest BCUT2D eigenvalue weighted by Crippen LogP contribution is 2.24. The van der Waals surface area contributed by atoms with Crippen LogP contribution in [0.3, 0.4) is 0 Å². The predicted molar refractivity (Wildman–Crippen MR) is 52.5 cm³/mol. The van der Waals surface area contributed by atoms with Crippen LogP contribution < -0.4 is 4.90 Å². The average Bonchev–Trinajstić information content (AvgIpc) is 2.61. The molecule has 3 heteroatoms. The van der Waals surface area contributed by atoms with Gasteiger partial charge in [0.1, 0.15) is 5.92 Å². The van der Waals surface area contributed by atoms with E-state index in [1.165, 1.54) is 0 Å². The molecule has 0 N–H and O–H groups in total. The van der Waals surface area contributed by atoms with Gasteiger partial charge in [0.05, 0.1) is 6.07 Å². The molecule has 0 bridgehead atoms. The number of nitriles is 1. The summed E-state index contributed by atoms with van der Waals surface area (Å²) in [5, 5.41) is 8.70. The largest absolute Gasteiger partial charge is 0.311 e. The van der Waals surface area contributed by atoms with Crippen LogP contribution in [0.2, 0.25) is 0 Å². The Morgan fingerprint density at radius 3 is 2.64 bits per heavy atom. The van der Waals surface area contributed by atoms with Gasteiger partial charge in [-0.15, -0.1) is 0 Å².